The van der Waals surface area contributed by atoms with Crippen molar-refractivity contribution in [2.45, 2.75) is 68.8 Å². The van der Waals surface area contributed by atoms with Gasteiger partial charge in [0, 0.05) is 36.5 Å². The van der Waals surface area contributed by atoms with Crippen molar-refractivity contribution in [3.8, 4) is 0 Å². The minimum absolute atomic E-state index is 0.746. The van der Waals surface area contributed by atoms with Crippen LogP contribution in [0, 0.1) is 5.92 Å². The van der Waals surface area contributed by atoms with Crippen molar-refractivity contribution in [2.24, 2.45) is 5.92 Å². The summed E-state index contributed by atoms with van der Waals surface area (Å²) in [5.74, 6) is 1.00. The van der Waals surface area contributed by atoms with Gasteiger partial charge in [0.1, 0.15) is 0 Å². The summed E-state index contributed by atoms with van der Waals surface area (Å²) in [5, 5.41) is 4.72. The quantitative estimate of drug-likeness (QED) is 0.847. The van der Waals surface area contributed by atoms with E-state index >= 15 is 0 Å². The fourth-order valence-electron chi connectivity index (χ4n) is 3.85. The van der Waals surface area contributed by atoms with Crippen LogP contribution in [0.4, 0.5) is 0 Å². The molecule has 104 valence electrons. The molecule has 0 radical (unpaired) electrons. The summed E-state index contributed by atoms with van der Waals surface area (Å²) in [6.45, 7) is 4.95. The van der Waals surface area contributed by atoms with Gasteiger partial charge in [0.15, 0.2) is 0 Å². The van der Waals surface area contributed by atoms with Crippen LogP contribution in [0.5, 0.6) is 0 Å². The molecular formula is C15H28N2S. The van der Waals surface area contributed by atoms with Gasteiger partial charge in [0.05, 0.1) is 0 Å². The Labute approximate surface area is 116 Å². The Morgan fingerprint density at radius 1 is 1.06 bits per heavy atom. The third kappa shape index (κ3) is 2.88. The van der Waals surface area contributed by atoms with Crippen LogP contribution < -0.4 is 5.32 Å². The van der Waals surface area contributed by atoms with Crippen molar-refractivity contribution in [1.29, 1.82) is 0 Å². The summed E-state index contributed by atoms with van der Waals surface area (Å²) in [4.78, 5) is 2.84. The van der Waals surface area contributed by atoms with Crippen LogP contribution in [-0.2, 0) is 0 Å². The minimum atomic E-state index is 0.746. The lowest BCUT2D eigenvalue weighted by Crippen LogP contribution is -2.59. The third-order valence-corrected chi connectivity index (χ3v) is 6.42. The second kappa shape index (κ2) is 5.72. The van der Waals surface area contributed by atoms with Crippen molar-refractivity contribution in [3.05, 3.63) is 0 Å². The number of nitrogens with one attached hydrogen (secondary N) is 1. The van der Waals surface area contributed by atoms with Gasteiger partial charge >= 0.3 is 0 Å². The average molecular weight is 268 g/mol. The maximum atomic E-state index is 3.77. The van der Waals surface area contributed by atoms with E-state index in [9.17, 15) is 0 Å². The predicted octanol–water partition coefficient (Wildman–Crippen LogP) is 2.73. The fourth-order valence-corrected chi connectivity index (χ4v) is 4.59. The number of rotatable bonds is 3. The summed E-state index contributed by atoms with van der Waals surface area (Å²) in [6.07, 6.45) is 11.0. The van der Waals surface area contributed by atoms with E-state index in [-0.39, 0.29) is 0 Å². The zero-order valence-electron chi connectivity index (χ0n) is 11.9. The van der Waals surface area contributed by atoms with Crippen molar-refractivity contribution in [2.75, 3.05) is 19.3 Å². The highest BCUT2D eigenvalue weighted by Crippen LogP contribution is 2.36. The van der Waals surface area contributed by atoms with Gasteiger partial charge in [0.25, 0.3) is 0 Å². The third-order valence-electron chi connectivity index (χ3n) is 5.29. The molecule has 3 fully saturated rings. The molecule has 3 rings (SSSR count). The first-order chi connectivity index (χ1) is 8.78. The summed E-state index contributed by atoms with van der Waals surface area (Å²) in [7, 11) is 0. The highest BCUT2D eigenvalue weighted by atomic mass is 32.2. The lowest BCUT2D eigenvalue weighted by Gasteiger charge is -2.45. The molecule has 0 aromatic carbocycles. The summed E-state index contributed by atoms with van der Waals surface area (Å²) in [6, 6.07) is 2.43. The Kier molecular flexibility index (Phi) is 4.21. The molecule has 0 bridgehead atoms. The van der Waals surface area contributed by atoms with Gasteiger partial charge in [-0.25, -0.2) is 0 Å². The maximum absolute atomic E-state index is 3.77. The Bertz CT molecular complexity index is 272. The van der Waals surface area contributed by atoms with E-state index in [4.69, 9.17) is 0 Å². The van der Waals surface area contributed by atoms with Gasteiger partial charge in [-0.2, -0.15) is 11.8 Å². The number of piperazine rings is 1. The Balaban J connectivity index is 1.56. The van der Waals surface area contributed by atoms with Crippen LogP contribution in [0.2, 0.25) is 0 Å². The molecule has 18 heavy (non-hydrogen) atoms. The second-order valence-corrected chi connectivity index (χ2v) is 7.70. The topological polar surface area (TPSA) is 15.3 Å². The van der Waals surface area contributed by atoms with Gasteiger partial charge in [-0.15, -0.1) is 0 Å². The standard InChI is InChI=1S/C15H28N2S/c1-11-9-16-15(12-3-4-12)10-17(11)13-5-7-14(18-2)8-6-13/h11-16H,3-10H2,1-2H3. The van der Waals surface area contributed by atoms with E-state index in [0.717, 1.165) is 29.3 Å². The molecule has 1 saturated heterocycles. The molecule has 0 aromatic heterocycles. The van der Waals surface area contributed by atoms with E-state index < -0.39 is 0 Å². The molecule has 3 aliphatic rings. The highest BCUT2D eigenvalue weighted by molar-refractivity contribution is 7.99. The van der Waals surface area contributed by atoms with Crippen LogP contribution in [0.1, 0.15) is 45.4 Å². The van der Waals surface area contributed by atoms with Gasteiger partial charge in [-0.05, 0) is 57.6 Å². The van der Waals surface area contributed by atoms with Crippen molar-refractivity contribution >= 4 is 11.8 Å². The SMILES string of the molecule is CSC1CCC(N2CC(C3CC3)NCC2C)CC1. The summed E-state index contributed by atoms with van der Waals surface area (Å²) < 4.78 is 0. The van der Waals surface area contributed by atoms with Crippen LogP contribution in [0.25, 0.3) is 0 Å². The molecule has 2 aliphatic carbocycles. The molecule has 0 amide bonds. The highest BCUT2D eigenvalue weighted by Gasteiger charge is 2.38. The Morgan fingerprint density at radius 3 is 2.39 bits per heavy atom. The van der Waals surface area contributed by atoms with E-state index in [1.807, 2.05) is 0 Å². The van der Waals surface area contributed by atoms with E-state index in [1.54, 1.807) is 0 Å². The van der Waals surface area contributed by atoms with Gasteiger partial charge in [0.2, 0.25) is 0 Å². The smallest absolute Gasteiger partial charge is 0.0224 e. The molecule has 1 N–H and O–H groups in total. The lowest BCUT2D eigenvalue weighted by atomic mass is 9.91. The summed E-state index contributed by atoms with van der Waals surface area (Å²) in [5.41, 5.74) is 0. The zero-order chi connectivity index (χ0) is 12.5. The average Bonchev–Trinajstić information content (AvgIpc) is 3.24. The van der Waals surface area contributed by atoms with Gasteiger partial charge in [-0.3, -0.25) is 4.90 Å². The first-order valence-corrected chi connectivity index (χ1v) is 9.08. The molecule has 0 aromatic rings. The lowest BCUT2D eigenvalue weighted by molar-refractivity contribution is 0.0661. The molecule has 1 aliphatic heterocycles. The van der Waals surface area contributed by atoms with Crippen LogP contribution in [-0.4, -0.2) is 47.6 Å². The van der Waals surface area contributed by atoms with Gasteiger partial charge < -0.3 is 5.32 Å². The summed E-state index contributed by atoms with van der Waals surface area (Å²) >= 11 is 2.08. The van der Waals surface area contributed by atoms with Crippen LogP contribution in [0.3, 0.4) is 0 Å². The Hall–Kier alpha value is 0.270. The Morgan fingerprint density at radius 2 is 1.78 bits per heavy atom. The molecule has 1 heterocycles. The first kappa shape index (κ1) is 13.3. The molecule has 3 heteroatoms. The molecule has 2 unspecified atom stereocenters. The molecule has 2 nitrogen and oxygen atoms in total. The predicted molar refractivity (Wildman–Crippen MR) is 80.2 cm³/mol. The van der Waals surface area contributed by atoms with Crippen LogP contribution >= 0.6 is 11.8 Å². The molecule has 2 saturated carbocycles. The van der Waals surface area contributed by atoms with E-state index in [0.29, 0.717) is 0 Å². The van der Waals surface area contributed by atoms with Crippen molar-refractivity contribution < 1.29 is 0 Å². The normalized spacial score (nSPS) is 43.0. The minimum Gasteiger partial charge on any atom is -0.311 e. The van der Waals surface area contributed by atoms with E-state index in [1.165, 1.54) is 51.6 Å². The fraction of sp³-hybridized carbons (Fsp3) is 1.00. The van der Waals surface area contributed by atoms with Crippen LogP contribution in [0.15, 0.2) is 0 Å². The van der Waals surface area contributed by atoms with Crippen molar-refractivity contribution in [1.82, 2.24) is 10.2 Å². The molecule has 2 atom stereocenters. The largest absolute Gasteiger partial charge is 0.311 e. The van der Waals surface area contributed by atoms with E-state index in [2.05, 4.69) is 35.2 Å². The molecule has 0 spiro atoms. The van der Waals surface area contributed by atoms with Gasteiger partial charge in [-0.1, -0.05) is 0 Å². The maximum Gasteiger partial charge on any atom is 0.0224 e. The number of hydrogen-bond acceptors (Lipinski definition) is 3. The van der Waals surface area contributed by atoms with Crippen molar-refractivity contribution in [3.63, 3.8) is 0 Å². The number of nitrogens with zero attached hydrogens (tertiary/aromatic N) is 1. The number of hydrogen-bond donors (Lipinski definition) is 1. The first-order valence-electron chi connectivity index (χ1n) is 7.80. The second-order valence-electron chi connectivity index (χ2n) is 6.56. The monoisotopic (exact) mass is 268 g/mol. The number of thioether (sulfide) groups is 1. The zero-order valence-corrected chi connectivity index (χ0v) is 12.7. The molecular weight excluding hydrogens is 240 g/mol.